The van der Waals surface area contributed by atoms with E-state index in [1.165, 1.54) is 0 Å². The molecule has 0 radical (unpaired) electrons. The molecule has 0 spiro atoms. The Morgan fingerprint density at radius 3 is 2.83 bits per heavy atom. The molecule has 0 aliphatic heterocycles. The van der Waals surface area contributed by atoms with Gasteiger partial charge in [-0.1, -0.05) is 0 Å². The standard InChI is InChI=1S/C13H21N3O2/c1-10-8-11(4-5-12(10)14)16(2)9-13(17)15-6-7-18-3/h4-5,8H,6-7,9,14H2,1-3H3,(H,15,17). The molecule has 0 saturated carbocycles. The van der Waals surface area contributed by atoms with E-state index < -0.39 is 0 Å². The van der Waals surface area contributed by atoms with Gasteiger partial charge in [-0.2, -0.15) is 0 Å². The van der Waals surface area contributed by atoms with Gasteiger partial charge in [0.1, 0.15) is 0 Å². The van der Waals surface area contributed by atoms with Crippen LogP contribution in [0.2, 0.25) is 0 Å². The Morgan fingerprint density at radius 1 is 1.50 bits per heavy atom. The Balaban J connectivity index is 2.51. The molecular formula is C13H21N3O2. The molecule has 0 fully saturated rings. The van der Waals surface area contributed by atoms with E-state index in [2.05, 4.69) is 5.32 Å². The lowest BCUT2D eigenvalue weighted by Gasteiger charge is -2.19. The first-order valence-corrected chi connectivity index (χ1v) is 5.87. The van der Waals surface area contributed by atoms with Crippen LogP contribution in [0.4, 0.5) is 11.4 Å². The molecule has 0 heterocycles. The quantitative estimate of drug-likeness (QED) is 0.579. The molecule has 1 rings (SSSR count). The summed E-state index contributed by atoms with van der Waals surface area (Å²) < 4.78 is 4.87. The number of benzene rings is 1. The molecule has 5 heteroatoms. The fraction of sp³-hybridized carbons (Fsp3) is 0.462. The summed E-state index contributed by atoms with van der Waals surface area (Å²) in [4.78, 5) is 13.5. The average molecular weight is 251 g/mol. The Labute approximate surface area is 108 Å². The van der Waals surface area contributed by atoms with Crippen molar-refractivity contribution in [3.8, 4) is 0 Å². The van der Waals surface area contributed by atoms with E-state index in [-0.39, 0.29) is 5.91 Å². The lowest BCUT2D eigenvalue weighted by molar-refractivity contribution is -0.119. The van der Waals surface area contributed by atoms with Gasteiger partial charge in [0.2, 0.25) is 5.91 Å². The van der Waals surface area contributed by atoms with Gasteiger partial charge in [0, 0.05) is 32.1 Å². The van der Waals surface area contributed by atoms with Crippen LogP contribution in [0.25, 0.3) is 0 Å². The van der Waals surface area contributed by atoms with E-state index in [1.807, 2.05) is 37.1 Å². The number of nitrogen functional groups attached to an aromatic ring is 1. The molecule has 1 amide bonds. The third-order valence-electron chi connectivity index (χ3n) is 2.70. The van der Waals surface area contributed by atoms with Gasteiger partial charge in [-0.3, -0.25) is 4.79 Å². The van der Waals surface area contributed by atoms with Crippen LogP contribution in [0.5, 0.6) is 0 Å². The lowest BCUT2D eigenvalue weighted by Crippen LogP contribution is -2.36. The van der Waals surface area contributed by atoms with Gasteiger partial charge in [-0.05, 0) is 30.7 Å². The number of carbonyl (C=O) groups is 1. The molecule has 1 aromatic rings. The number of likely N-dealkylation sites (N-methyl/N-ethyl adjacent to an activating group) is 1. The molecule has 0 bridgehead atoms. The highest BCUT2D eigenvalue weighted by atomic mass is 16.5. The molecule has 5 nitrogen and oxygen atoms in total. The SMILES string of the molecule is COCCNC(=O)CN(C)c1ccc(N)c(C)c1. The number of amides is 1. The van der Waals surface area contributed by atoms with Crippen molar-refractivity contribution in [2.24, 2.45) is 0 Å². The number of aryl methyl sites for hydroxylation is 1. The third-order valence-corrected chi connectivity index (χ3v) is 2.70. The summed E-state index contributed by atoms with van der Waals surface area (Å²) in [5.74, 6) is -0.0240. The zero-order valence-electron chi connectivity index (χ0n) is 11.2. The summed E-state index contributed by atoms with van der Waals surface area (Å²) in [5, 5.41) is 2.78. The van der Waals surface area contributed by atoms with E-state index in [0.29, 0.717) is 19.7 Å². The minimum atomic E-state index is -0.0240. The van der Waals surface area contributed by atoms with Crippen molar-refractivity contribution in [1.82, 2.24) is 5.32 Å². The highest BCUT2D eigenvalue weighted by Crippen LogP contribution is 2.19. The number of ether oxygens (including phenoxy) is 1. The van der Waals surface area contributed by atoms with E-state index in [0.717, 1.165) is 16.9 Å². The Kier molecular flexibility index (Phi) is 5.45. The van der Waals surface area contributed by atoms with Crippen LogP contribution in [0.15, 0.2) is 18.2 Å². The van der Waals surface area contributed by atoms with Gasteiger partial charge in [0.15, 0.2) is 0 Å². The van der Waals surface area contributed by atoms with Crippen molar-refractivity contribution in [2.45, 2.75) is 6.92 Å². The van der Waals surface area contributed by atoms with Crippen molar-refractivity contribution in [1.29, 1.82) is 0 Å². The number of anilines is 2. The minimum Gasteiger partial charge on any atom is -0.399 e. The number of nitrogens with one attached hydrogen (secondary N) is 1. The van der Waals surface area contributed by atoms with Gasteiger partial charge in [-0.25, -0.2) is 0 Å². The molecule has 18 heavy (non-hydrogen) atoms. The topological polar surface area (TPSA) is 67.6 Å². The predicted molar refractivity (Wildman–Crippen MR) is 73.7 cm³/mol. The van der Waals surface area contributed by atoms with E-state index in [9.17, 15) is 4.79 Å². The van der Waals surface area contributed by atoms with E-state index in [4.69, 9.17) is 10.5 Å². The summed E-state index contributed by atoms with van der Waals surface area (Å²) in [5.41, 5.74) is 8.51. The number of rotatable bonds is 6. The number of hydrogen-bond acceptors (Lipinski definition) is 4. The number of carbonyl (C=O) groups excluding carboxylic acids is 1. The molecule has 0 saturated heterocycles. The van der Waals surface area contributed by atoms with Gasteiger partial charge < -0.3 is 20.7 Å². The normalized spacial score (nSPS) is 10.2. The van der Waals surface area contributed by atoms with E-state index in [1.54, 1.807) is 7.11 Å². The maximum atomic E-state index is 11.6. The molecule has 3 N–H and O–H groups in total. The maximum Gasteiger partial charge on any atom is 0.239 e. The van der Waals surface area contributed by atoms with Gasteiger partial charge >= 0.3 is 0 Å². The summed E-state index contributed by atoms with van der Waals surface area (Å²) in [6.45, 7) is 3.32. The molecule has 0 atom stereocenters. The van der Waals surface area contributed by atoms with Crippen LogP contribution in [0, 0.1) is 6.92 Å². The molecule has 0 aromatic heterocycles. The first-order chi connectivity index (χ1) is 8.54. The second-order valence-electron chi connectivity index (χ2n) is 4.24. The fourth-order valence-electron chi connectivity index (χ4n) is 1.55. The Morgan fingerprint density at radius 2 is 2.22 bits per heavy atom. The van der Waals surface area contributed by atoms with Crippen molar-refractivity contribution in [3.63, 3.8) is 0 Å². The van der Waals surface area contributed by atoms with Crippen LogP contribution in [-0.4, -0.2) is 39.8 Å². The zero-order chi connectivity index (χ0) is 13.5. The van der Waals surface area contributed by atoms with Crippen LogP contribution < -0.4 is 16.0 Å². The summed E-state index contributed by atoms with van der Waals surface area (Å²) in [7, 11) is 3.48. The van der Waals surface area contributed by atoms with Gasteiger partial charge in [0.25, 0.3) is 0 Å². The third kappa shape index (κ3) is 4.25. The first-order valence-electron chi connectivity index (χ1n) is 5.87. The molecule has 0 aliphatic rings. The first kappa shape index (κ1) is 14.3. The highest BCUT2D eigenvalue weighted by Gasteiger charge is 2.07. The van der Waals surface area contributed by atoms with Crippen LogP contribution in [-0.2, 0) is 9.53 Å². The van der Waals surface area contributed by atoms with Crippen molar-refractivity contribution in [2.75, 3.05) is 44.5 Å². The van der Waals surface area contributed by atoms with Crippen molar-refractivity contribution < 1.29 is 9.53 Å². The summed E-state index contributed by atoms with van der Waals surface area (Å²) >= 11 is 0. The maximum absolute atomic E-state index is 11.6. The molecule has 0 aliphatic carbocycles. The van der Waals surface area contributed by atoms with Crippen molar-refractivity contribution >= 4 is 17.3 Å². The second kappa shape index (κ2) is 6.86. The second-order valence-corrected chi connectivity index (χ2v) is 4.24. The van der Waals surface area contributed by atoms with Crippen molar-refractivity contribution in [3.05, 3.63) is 23.8 Å². The summed E-state index contributed by atoms with van der Waals surface area (Å²) in [6, 6.07) is 5.73. The average Bonchev–Trinajstić information content (AvgIpc) is 2.33. The highest BCUT2D eigenvalue weighted by molar-refractivity contribution is 5.81. The number of nitrogens with two attached hydrogens (primary N) is 1. The van der Waals surface area contributed by atoms with E-state index >= 15 is 0 Å². The fourth-order valence-corrected chi connectivity index (χ4v) is 1.55. The number of hydrogen-bond donors (Lipinski definition) is 2. The smallest absolute Gasteiger partial charge is 0.239 e. The van der Waals surface area contributed by atoms with Crippen LogP contribution in [0.1, 0.15) is 5.56 Å². The monoisotopic (exact) mass is 251 g/mol. The molecular weight excluding hydrogens is 230 g/mol. The molecule has 0 unspecified atom stereocenters. The molecule has 100 valence electrons. The Bertz CT molecular complexity index is 407. The largest absolute Gasteiger partial charge is 0.399 e. The van der Waals surface area contributed by atoms with Crippen LogP contribution in [0.3, 0.4) is 0 Å². The molecule has 1 aromatic carbocycles. The zero-order valence-corrected chi connectivity index (χ0v) is 11.2. The summed E-state index contributed by atoms with van der Waals surface area (Å²) in [6.07, 6.45) is 0. The van der Waals surface area contributed by atoms with Gasteiger partial charge in [-0.15, -0.1) is 0 Å². The Hall–Kier alpha value is -1.75. The minimum absolute atomic E-state index is 0.0240. The lowest BCUT2D eigenvalue weighted by atomic mass is 10.1. The van der Waals surface area contributed by atoms with Gasteiger partial charge in [0.05, 0.1) is 13.2 Å². The predicted octanol–water partition coefficient (Wildman–Crippen LogP) is 0.776. The number of nitrogens with zero attached hydrogens (tertiary/aromatic N) is 1. The number of methoxy groups -OCH3 is 1. The van der Waals surface area contributed by atoms with Crippen LogP contribution >= 0.6 is 0 Å².